The van der Waals surface area contributed by atoms with E-state index in [4.69, 9.17) is 10.8 Å². The zero-order valence-corrected chi connectivity index (χ0v) is 7.56. The maximum atomic E-state index is 10.2. The molecule has 0 aliphatic heterocycles. The Morgan fingerprint density at radius 1 is 1.55 bits per heavy atom. The Labute approximate surface area is 73.4 Å². The summed E-state index contributed by atoms with van der Waals surface area (Å²) in [7, 11) is 0. The molecule has 0 bridgehead atoms. The van der Waals surface area contributed by atoms with Crippen LogP contribution in [-0.4, -0.2) is 17.1 Å². The van der Waals surface area contributed by atoms with Crippen molar-refractivity contribution in [3.05, 3.63) is 0 Å². The van der Waals surface area contributed by atoms with E-state index in [1.807, 2.05) is 0 Å². The molecule has 0 aromatic rings. The molecule has 0 spiro atoms. The number of aliphatic carboxylic acids is 1. The number of halogens is 1. The van der Waals surface area contributed by atoms with Crippen molar-refractivity contribution in [1.29, 1.82) is 0 Å². The van der Waals surface area contributed by atoms with E-state index in [2.05, 4.69) is 6.92 Å². The van der Waals surface area contributed by atoms with Gasteiger partial charge in [-0.05, 0) is 6.42 Å². The zero-order chi connectivity index (χ0) is 7.98. The van der Waals surface area contributed by atoms with Crippen molar-refractivity contribution in [3.63, 3.8) is 0 Å². The monoisotopic (exact) mass is 181 g/mol. The van der Waals surface area contributed by atoms with Crippen LogP contribution in [0.25, 0.3) is 0 Å². The van der Waals surface area contributed by atoms with Crippen LogP contribution in [0.1, 0.15) is 32.6 Å². The Hall–Kier alpha value is -0.280. The van der Waals surface area contributed by atoms with Gasteiger partial charge in [0.15, 0.2) is 0 Å². The van der Waals surface area contributed by atoms with E-state index in [9.17, 15) is 4.79 Å². The number of carboxylic acids is 1. The Morgan fingerprint density at radius 2 is 2.09 bits per heavy atom. The molecule has 1 atom stereocenters. The Bertz CT molecular complexity index is 109. The topological polar surface area (TPSA) is 63.3 Å². The quantitative estimate of drug-likeness (QED) is 0.631. The first kappa shape index (κ1) is 13.3. The van der Waals surface area contributed by atoms with Crippen LogP contribution in [0.4, 0.5) is 0 Å². The highest BCUT2D eigenvalue weighted by molar-refractivity contribution is 5.85. The lowest BCUT2D eigenvalue weighted by Gasteiger charge is -2.03. The molecule has 3 N–H and O–H groups in total. The minimum Gasteiger partial charge on any atom is -0.480 e. The average molecular weight is 182 g/mol. The van der Waals surface area contributed by atoms with Crippen LogP contribution in [-0.2, 0) is 4.79 Å². The molecular weight excluding hydrogens is 166 g/mol. The van der Waals surface area contributed by atoms with Crippen molar-refractivity contribution in [2.45, 2.75) is 38.6 Å². The van der Waals surface area contributed by atoms with E-state index in [-0.39, 0.29) is 12.4 Å². The van der Waals surface area contributed by atoms with Crippen LogP contribution >= 0.6 is 12.4 Å². The number of carboxylic acid groups (broad SMARTS) is 1. The third-order valence-corrected chi connectivity index (χ3v) is 1.44. The van der Waals surface area contributed by atoms with Gasteiger partial charge in [-0.1, -0.05) is 26.2 Å². The molecular formula is C7H16ClNO2. The number of rotatable bonds is 5. The number of hydrogen-bond donors (Lipinski definition) is 2. The molecule has 0 aromatic carbocycles. The summed E-state index contributed by atoms with van der Waals surface area (Å²) in [5, 5.41) is 8.36. The van der Waals surface area contributed by atoms with Gasteiger partial charge in [0, 0.05) is 0 Å². The van der Waals surface area contributed by atoms with Gasteiger partial charge >= 0.3 is 5.97 Å². The van der Waals surface area contributed by atoms with Crippen LogP contribution in [0.5, 0.6) is 0 Å². The van der Waals surface area contributed by atoms with Crippen molar-refractivity contribution in [1.82, 2.24) is 0 Å². The summed E-state index contributed by atoms with van der Waals surface area (Å²) in [6, 6.07) is -0.661. The third kappa shape index (κ3) is 7.62. The van der Waals surface area contributed by atoms with E-state index >= 15 is 0 Å². The zero-order valence-electron chi connectivity index (χ0n) is 6.75. The standard InChI is InChI=1S/C7H15NO2.ClH/c1-2-3-4-5-6(8)7(9)10;/h6H,2-5,8H2,1H3,(H,9,10);1H. The number of carbonyl (C=O) groups is 1. The lowest BCUT2D eigenvalue weighted by Crippen LogP contribution is -2.29. The highest BCUT2D eigenvalue weighted by Gasteiger charge is 2.09. The fourth-order valence-corrected chi connectivity index (χ4v) is 0.738. The minimum absolute atomic E-state index is 0. The van der Waals surface area contributed by atoms with E-state index < -0.39 is 12.0 Å². The summed E-state index contributed by atoms with van der Waals surface area (Å²) >= 11 is 0. The Balaban J connectivity index is 0. The molecule has 3 nitrogen and oxygen atoms in total. The summed E-state index contributed by atoms with van der Waals surface area (Å²) in [5.74, 6) is -0.892. The predicted molar refractivity (Wildman–Crippen MR) is 47.0 cm³/mol. The van der Waals surface area contributed by atoms with Crippen LogP contribution in [0, 0.1) is 0 Å². The van der Waals surface area contributed by atoms with Crippen molar-refractivity contribution in [2.24, 2.45) is 5.73 Å². The van der Waals surface area contributed by atoms with Crippen LogP contribution in [0.3, 0.4) is 0 Å². The first-order valence-corrected chi connectivity index (χ1v) is 3.67. The second kappa shape index (κ2) is 7.82. The van der Waals surface area contributed by atoms with Gasteiger partial charge in [0.25, 0.3) is 0 Å². The van der Waals surface area contributed by atoms with Gasteiger partial charge in [-0.3, -0.25) is 4.79 Å². The fraction of sp³-hybridized carbons (Fsp3) is 0.857. The number of hydrogen-bond acceptors (Lipinski definition) is 2. The van der Waals surface area contributed by atoms with Crippen molar-refractivity contribution >= 4 is 18.4 Å². The summed E-state index contributed by atoms with van der Waals surface area (Å²) in [4.78, 5) is 10.2. The van der Waals surface area contributed by atoms with Gasteiger partial charge in [0.05, 0.1) is 0 Å². The second-order valence-corrected chi connectivity index (χ2v) is 2.44. The maximum Gasteiger partial charge on any atom is 0.320 e. The van der Waals surface area contributed by atoms with Crippen molar-refractivity contribution in [3.8, 4) is 0 Å². The first-order chi connectivity index (χ1) is 4.68. The Morgan fingerprint density at radius 3 is 2.45 bits per heavy atom. The van der Waals surface area contributed by atoms with Crippen molar-refractivity contribution in [2.75, 3.05) is 0 Å². The average Bonchev–Trinajstić information content (AvgIpc) is 1.88. The molecule has 0 saturated carbocycles. The van der Waals surface area contributed by atoms with Gasteiger partial charge in [0.1, 0.15) is 6.04 Å². The molecule has 0 saturated heterocycles. The third-order valence-electron chi connectivity index (χ3n) is 1.44. The van der Waals surface area contributed by atoms with E-state index in [0.717, 1.165) is 19.3 Å². The molecule has 0 aliphatic carbocycles. The smallest absolute Gasteiger partial charge is 0.320 e. The summed E-state index contributed by atoms with van der Waals surface area (Å²) in [6.45, 7) is 2.08. The molecule has 0 rings (SSSR count). The molecule has 0 heterocycles. The molecule has 0 aromatic heterocycles. The van der Waals surface area contributed by atoms with Crippen molar-refractivity contribution < 1.29 is 9.90 Å². The largest absolute Gasteiger partial charge is 0.480 e. The van der Waals surface area contributed by atoms with Gasteiger partial charge < -0.3 is 10.8 Å². The SMILES string of the molecule is CCCCCC(N)C(=O)O.Cl. The maximum absolute atomic E-state index is 10.2. The molecule has 68 valence electrons. The van der Waals surface area contributed by atoms with Crippen LogP contribution < -0.4 is 5.73 Å². The molecule has 1 unspecified atom stereocenters. The van der Waals surface area contributed by atoms with Crippen LogP contribution in [0.15, 0.2) is 0 Å². The number of nitrogens with two attached hydrogens (primary N) is 1. The number of unbranched alkanes of at least 4 members (excludes halogenated alkanes) is 2. The van der Waals surface area contributed by atoms with Gasteiger partial charge in [-0.25, -0.2) is 0 Å². The lowest BCUT2D eigenvalue weighted by molar-refractivity contribution is -0.138. The summed E-state index contributed by atoms with van der Waals surface area (Å²) in [6.07, 6.45) is 3.69. The Kier molecular flexibility index (Phi) is 9.47. The minimum atomic E-state index is -0.892. The molecule has 0 fully saturated rings. The first-order valence-electron chi connectivity index (χ1n) is 3.67. The van der Waals surface area contributed by atoms with Gasteiger partial charge in [-0.2, -0.15) is 0 Å². The van der Waals surface area contributed by atoms with Crippen LogP contribution in [0.2, 0.25) is 0 Å². The van der Waals surface area contributed by atoms with E-state index in [1.54, 1.807) is 0 Å². The highest BCUT2D eigenvalue weighted by atomic mass is 35.5. The van der Waals surface area contributed by atoms with Gasteiger partial charge in [-0.15, -0.1) is 12.4 Å². The summed E-state index contributed by atoms with van der Waals surface area (Å²) in [5.41, 5.74) is 5.26. The second-order valence-electron chi connectivity index (χ2n) is 2.44. The van der Waals surface area contributed by atoms with E-state index in [1.165, 1.54) is 0 Å². The predicted octanol–water partition coefficient (Wildman–Crippen LogP) is 1.40. The van der Waals surface area contributed by atoms with E-state index in [0.29, 0.717) is 6.42 Å². The molecule has 11 heavy (non-hydrogen) atoms. The molecule has 0 aliphatic rings. The molecule has 0 amide bonds. The highest BCUT2D eigenvalue weighted by Crippen LogP contribution is 2.01. The van der Waals surface area contributed by atoms with Gasteiger partial charge in [0.2, 0.25) is 0 Å². The molecule has 0 radical (unpaired) electrons. The normalized spacial score (nSPS) is 11.8. The fourth-order valence-electron chi connectivity index (χ4n) is 0.738. The summed E-state index contributed by atoms with van der Waals surface area (Å²) < 4.78 is 0. The molecule has 4 heteroatoms. The lowest BCUT2D eigenvalue weighted by atomic mass is 10.1.